The lowest BCUT2D eigenvalue weighted by Crippen LogP contribution is -2.51. The van der Waals surface area contributed by atoms with Crippen LogP contribution in [0.2, 0.25) is 0 Å². The maximum atomic E-state index is 10.7. The van der Waals surface area contributed by atoms with Gasteiger partial charge in [0.25, 0.3) is 0 Å². The number of quaternary nitrogens is 1. The van der Waals surface area contributed by atoms with Crippen molar-refractivity contribution in [2.45, 2.75) is 129 Å². The summed E-state index contributed by atoms with van der Waals surface area (Å²) in [4.78, 5) is 10.6. The van der Waals surface area contributed by atoms with E-state index in [-0.39, 0.29) is 6.42 Å². The molecule has 0 aromatic heterocycles. The standard InChI is InChI=1S/C25H51NO3/c1-5-6-7-8-9-10-11-12-13-14-15-16-17-18-21-25(2,29)23-26(3,4)22-19-20-24(27)28/h29H,5-23H2,1-4H3. The topological polar surface area (TPSA) is 60.4 Å². The number of unbranched alkanes of at least 4 members (excludes halogenated alkanes) is 13. The van der Waals surface area contributed by atoms with Gasteiger partial charge in [0.1, 0.15) is 12.1 Å². The number of hydrogen-bond donors (Lipinski definition) is 1. The summed E-state index contributed by atoms with van der Waals surface area (Å²) in [6.45, 7) is 5.61. The first kappa shape index (κ1) is 28.4. The molecule has 0 rings (SSSR count). The van der Waals surface area contributed by atoms with Gasteiger partial charge >= 0.3 is 0 Å². The predicted molar refractivity (Wildman–Crippen MR) is 122 cm³/mol. The molecule has 1 unspecified atom stereocenters. The molecule has 0 radical (unpaired) electrons. The van der Waals surface area contributed by atoms with Crippen LogP contribution < -0.4 is 5.11 Å². The predicted octanol–water partition coefficient (Wildman–Crippen LogP) is 5.22. The fourth-order valence-corrected chi connectivity index (χ4v) is 4.43. The van der Waals surface area contributed by atoms with Gasteiger partial charge in [0.15, 0.2) is 0 Å². The van der Waals surface area contributed by atoms with Gasteiger partial charge in [0.05, 0.1) is 20.6 Å². The largest absolute Gasteiger partial charge is 0.550 e. The van der Waals surface area contributed by atoms with Crippen LogP contribution >= 0.6 is 0 Å². The van der Waals surface area contributed by atoms with Crippen LogP contribution in [0.25, 0.3) is 0 Å². The van der Waals surface area contributed by atoms with Crippen molar-refractivity contribution >= 4 is 5.97 Å². The van der Waals surface area contributed by atoms with Crippen molar-refractivity contribution < 1.29 is 19.5 Å². The van der Waals surface area contributed by atoms with Gasteiger partial charge in [-0.15, -0.1) is 0 Å². The number of carbonyl (C=O) groups is 1. The summed E-state index contributed by atoms with van der Waals surface area (Å²) in [6.07, 6.45) is 20.4. The third kappa shape index (κ3) is 20.4. The molecule has 0 heterocycles. The maximum absolute atomic E-state index is 10.7. The van der Waals surface area contributed by atoms with E-state index in [0.29, 0.717) is 17.4 Å². The monoisotopic (exact) mass is 413 g/mol. The third-order valence-corrected chi connectivity index (χ3v) is 5.98. The highest BCUT2D eigenvalue weighted by molar-refractivity contribution is 5.64. The Kier molecular flexibility index (Phi) is 16.7. The SMILES string of the molecule is CCCCCCCCCCCCCCCCC(C)(O)C[N+](C)(C)CCCC(=O)[O-]. The highest BCUT2D eigenvalue weighted by Gasteiger charge is 2.29. The van der Waals surface area contributed by atoms with Crippen LogP contribution in [0.3, 0.4) is 0 Å². The van der Waals surface area contributed by atoms with Gasteiger partial charge in [0, 0.05) is 12.4 Å². The second-order valence-corrected chi connectivity index (χ2v) is 10.1. The van der Waals surface area contributed by atoms with E-state index in [9.17, 15) is 15.0 Å². The summed E-state index contributed by atoms with van der Waals surface area (Å²) in [5.74, 6) is -0.987. The Labute approximate surface area is 181 Å². The molecule has 0 amide bonds. The van der Waals surface area contributed by atoms with Crippen LogP contribution in [-0.4, -0.2) is 48.3 Å². The normalized spacial score (nSPS) is 14.1. The number of rotatable bonds is 21. The number of aliphatic carboxylic acids is 1. The molecule has 4 heteroatoms. The summed E-state index contributed by atoms with van der Waals surface area (Å²) >= 11 is 0. The number of likely N-dealkylation sites (N-methyl/N-ethyl adjacent to an activating group) is 1. The molecule has 0 aliphatic carbocycles. The van der Waals surface area contributed by atoms with Gasteiger partial charge in [-0.25, -0.2) is 0 Å². The van der Waals surface area contributed by atoms with E-state index in [4.69, 9.17) is 0 Å². The lowest BCUT2D eigenvalue weighted by Gasteiger charge is -2.36. The molecular weight excluding hydrogens is 362 g/mol. The fourth-order valence-electron chi connectivity index (χ4n) is 4.43. The quantitative estimate of drug-likeness (QED) is 0.207. The van der Waals surface area contributed by atoms with Crippen molar-refractivity contribution in [1.82, 2.24) is 0 Å². The van der Waals surface area contributed by atoms with Gasteiger partial charge in [-0.05, 0) is 19.8 Å². The van der Waals surface area contributed by atoms with Crippen molar-refractivity contribution in [3.05, 3.63) is 0 Å². The highest BCUT2D eigenvalue weighted by Crippen LogP contribution is 2.20. The van der Waals surface area contributed by atoms with E-state index in [1.807, 2.05) is 6.92 Å². The number of carboxylic acid groups (broad SMARTS) is 1. The zero-order valence-corrected chi connectivity index (χ0v) is 20.1. The maximum Gasteiger partial charge on any atom is 0.111 e. The van der Waals surface area contributed by atoms with Crippen molar-refractivity contribution in [2.24, 2.45) is 0 Å². The summed E-state index contributed by atoms with van der Waals surface area (Å²) in [6, 6.07) is 0. The molecule has 0 saturated heterocycles. The minimum atomic E-state index is -0.987. The number of aliphatic hydroxyl groups is 1. The average molecular weight is 414 g/mol. The van der Waals surface area contributed by atoms with Crippen LogP contribution in [0, 0.1) is 0 Å². The number of nitrogens with zero attached hydrogens (tertiary/aromatic N) is 1. The van der Waals surface area contributed by atoms with E-state index in [1.165, 1.54) is 83.5 Å². The van der Waals surface area contributed by atoms with E-state index < -0.39 is 11.6 Å². The second-order valence-electron chi connectivity index (χ2n) is 10.1. The molecule has 174 valence electrons. The molecule has 0 spiro atoms. The molecule has 0 aliphatic heterocycles. The molecule has 0 aromatic rings. The first-order chi connectivity index (χ1) is 13.7. The smallest absolute Gasteiger partial charge is 0.111 e. The molecule has 0 fully saturated rings. The van der Waals surface area contributed by atoms with Gasteiger partial charge in [0.2, 0.25) is 0 Å². The van der Waals surface area contributed by atoms with E-state index in [2.05, 4.69) is 21.0 Å². The molecule has 1 N–H and O–H groups in total. The average Bonchev–Trinajstić information content (AvgIpc) is 2.60. The van der Waals surface area contributed by atoms with E-state index in [0.717, 1.165) is 19.4 Å². The lowest BCUT2D eigenvalue weighted by molar-refractivity contribution is -0.896. The van der Waals surface area contributed by atoms with E-state index >= 15 is 0 Å². The third-order valence-electron chi connectivity index (χ3n) is 5.98. The molecule has 0 aliphatic rings. The Hall–Kier alpha value is -0.610. The molecule has 0 bridgehead atoms. The molecule has 0 saturated carbocycles. The van der Waals surface area contributed by atoms with Crippen molar-refractivity contribution in [2.75, 3.05) is 27.2 Å². The Morgan fingerprint density at radius 1 is 0.793 bits per heavy atom. The zero-order valence-electron chi connectivity index (χ0n) is 20.1. The minimum Gasteiger partial charge on any atom is -0.550 e. The van der Waals surface area contributed by atoms with Crippen molar-refractivity contribution in [3.8, 4) is 0 Å². The van der Waals surface area contributed by atoms with Gasteiger partial charge < -0.3 is 19.5 Å². The van der Waals surface area contributed by atoms with E-state index in [1.54, 1.807) is 0 Å². The highest BCUT2D eigenvalue weighted by atomic mass is 16.4. The van der Waals surface area contributed by atoms with Gasteiger partial charge in [-0.2, -0.15) is 0 Å². The second kappa shape index (κ2) is 17.1. The Morgan fingerprint density at radius 2 is 1.21 bits per heavy atom. The van der Waals surface area contributed by atoms with Crippen LogP contribution in [-0.2, 0) is 4.79 Å². The summed E-state index contributed by atoms with van der Waals surface area (Å²) in [7, 11) is 4.13. The summed E-state index contributed by atoms with van der Waals surface area (Å²) < 4.78 is 0.652. The van der Waals surface area contributed by atoms with Crippen LogP contribution in [0.4, 0.5) is 0 Å². The molecule has 0 aromatic carbocycles. The number of carbonyl (C=O) groups excluding carboxylic acids is 1. The minimum absolute atomic E-state index is 0.1000. The first-order valence-corrected chi connectivity index (χ1v) is 12.4. The number of carboxylic acids is 1. The molecule has 1 atom stereocenters. The first-order valence-electron chi connectivity index (χ1n) is 12.4. The Morgan fingerprint density at radius 3 is 1.62 bits per heavy atom. The summed E-state index contributed by atoms with van der Waals surface area (Å²) in [5.41, 5.74) is -0.678. The fraction of sp³-hybridized carbons (Fsp3) is 0.960. The van der Waals surface area contributed by atoms with Gasteiger partial charge in [-0.3, -0.25) is 0 Å². The van der Waals surface area contributed by atoms with Crippen molar-refractivity contribution in [3.63, 3.8) is 0 Å². The molecular formula is C25H51NO3. The Bertz CT molecular complexity index is 394. The van der Waals surface area contributed by atoms with Gasteiger partial charge in [-0.1, -0.05) is 96.8 Å². The molecule has 4 nitrogen and oxygen atoms in total. The van der Waals surface area contributed by atoms with Crippen LogP contribution in [0.15, 0.2) is 0 Å². The van der Waals surface area contributed by atoms with Crippen LogP contribution in [0.1, 0.15) is 123 Å². The number of hydrogen-bond acceptors (Lipinski definition) is 3. The summed E-state index contributed by atoms with van der Waals surface area (Å²) in [5, 5.41) is 21.3. The zero-order chi connectivity index (χ0) is 22.0. The van der Waals surface area contributed by atoms with Crippen molar-refractivity contribution in [1.29, 1.82) is 0 Å². The molecule has 29 heavy (non-hydrogen) atoms. The van der Waals surface area contributed by atoms with Crippen LogP contribution in [0.5, 0.6) is 0 Å². The lowest BCUT2D eigenvalue weighted by atomic mass is 9.96. The Balaban J connectivity index is 3.57.